The summed E-state index contributed by atoms with van der Waals surface area (Å²) >= 11 is 0. The van der Waals surface area contributed by atoms with E-state index in [0.29, 0.717) is 48.9 Å². The lowest BCUT2D eigenvalue weighted by atomic mass is 10.1. The Bertz CT molecular complexity index is 1170. The van der Waals surface area contributed by atoms with E-state index in [1.165, 1.54) is 0 Å². The maximum absolute atomic E-state index is 12.0. The molecule has 162 valence electrons. The van der Waals surface area contributed by atoms with E-state index >= 15 is 0 Å². The van der Waals surface area contributed by atoms with Crippen LogP contribution in [0.5, 0.6) is 0 Å². The van der Waals surface area contributed by atoms with Gasteiger partial charge in [0.05, 0.1) is 23.7 Å². The second-order valence-electron chi connectivity index (χ2n) is 7.57. The van der Waals surface area contributed by atoms with Crippen molar-refractivity contribution >= 4 is 50.5 Å². The second-order valence-corrected chi connectivity index (χ2v) is 9.32. The molecule has 0 bridgehead atoms. The molecule has 0 aliphatic carbocycles. The summed E-state index contributed by atoms with van der Waals surface area (Å²) in [4.78, 5) is 6.69. The van der Waals surface area contributed by atoms with Crippen LogP contribution in [0.4, 0.5) is 22.7 Å². The smallest absolute Gasteiger partial charge is 0.326 e. The summed E-state index contributed by atoms with van der Waals surface area (Å²) in [6, 6.07) is 14.9. The normalized spacial score (nSPS) is 18.8. The molecule has 0 amide bonds. The number of hydrazone groups is 1. The third-order valence-electron chi connectivity index (χ3n) is 5.13. The van der Waals surface area contributed by atoms with Crippen LogP contribution in [0.3, 0.4) is 0 Å². The summed E-state index contributed by atoms with van der Waals surface area (Å²) in [5, 5.41) is 14.1. The highest BCUT2D eigenvalue weighted by molar-refractivity contribution is 7.92. The fraction of sp³-hybridized carbons (Fsp3) is 0.286. The molecule has 10 heteroatoms. The summed E-state index contributed by atoms with van der Waals surface area (Å²) in [6.07, 6.45) is 3.71. The van der Waals surface area contributed by atoms with E-state index in [1.54, 1.807) is 23.0 Å². The van der Waals surface area contributed by atoms with E-state index in [9.17, 15) is 13.5 Å². The monoisotopic (exact) mass is 441 g/mol. The number of benzene rings is 2. The Morgan fingerprint density at radius 2 is 1.90 bits per heavy atom. The zero-order valence-electron chi connectivity index (χ0n) is 17.1. The molecule has 0 spiro atoms. The van der Waals surface area contributed by atoms with Crippen molar-refractivity contribution in [2.45, 2.75) is 18.9 Å². The molecule has 0 atom stereocenters. The van der Waals surface area contributed by atoms with Gasteiger partial charge < -0.3 is 10.0 Å². The molecule has 0 radical (unpaired) electrons. The van der Waals surface area contributed by atoms with Gasteiger partial charge in [0, 0.05) is 18.8 Å². The van der Waals surface area contributed by atoms with Crippen LogP contribution in [-0.2, 0) is 10.0 Å². The third-order valence-corrected chi connectivity index (χ3v) is 5.72. The molecule has 2 aromatic rings. The molecule has 0 aromatic heterocycles. The van der Waals surface area contributed by atoms with Crippen LogP contribution in [0, 0.1) is 0 Å². The number of nitrogens with one attached hydrogen (secondary N) is 1. The fourth-order valence-electron chi connectivity index (χ4n) is 3.56. The molecule has 4 N–H and O–H groups in total. The first-order chi connectivity index (χ1) is 14.8. The largest absolute Gasteiger partial charge is 0.393 e. The maximum atomic E-state index is 12.0. The summed E-state index contributed by atoms with van der Waals surface area (Å²) in [5.74, 6) is 0.352. The Morgan fingerprint density at radius 1 is 1.19 bits per heavy atom. The minimum absolute atomic E-state index is 0.289. The number of aliphatic hydroxyl groups is 1. The number of nitrogens with zero attached hydrogens (tertiary/aromatic N) is 4. The number of nitrogens with two attached hydrogens (primary N) is 1. The molecule has 9 nitrogen and oxygen atoms in total. The predicted molar refractivity (Wildman–Crippen MR) is 124 cm³/mol. The van der Waals surface area contributed by atoms with Crippen LogP contribution in [0.1, 0.15) is 12.8 Å². The topological polar surface area (TPSA) is 123 Å². The Labute approximate surface area is 181 Å². The molecular formula is C21H25N6O3S+. The van der Waals surface area contributed by atoms with Crippen molar-refractivity contribution in [3.8, 4) is 0 Å². The zero-order valence-corrected chi connectivity index (χ0v) is 18.0. The minimum Gasteiger partial charge on any atom is -0.393 e. The highest BCUT2D eigenvalue weighted by Gasteiger charge is 2.24. The number of piperidine rings is 1. The van der Waals surface area contributed by atoms with Crippen molar-refractivity contribution in [3.63, 3.8) is 0 Å². The number of anilines is 2. The van der Waals surface area contributed by atoms with Crippen LogP contribution < -0.4 is 15.4 Å². The predicted octanol–water partition coefficient (Wildman–Crippen LogP) is 1.79. The molecule has 1 fully saturated rings. The van der Waals surface area contributed by atoms with Crippen molar-refractivity contribution in [2.24, 2.45) is 15.8 Å². The van der Waals surface area contributed by atoms with Crippen molar-refractivity contribution in [3.05, 3.63) is 48.5 Å². The summed E-state index contributed by atoms with van der Waals surface area (Å²) in [5.41, 5.74) is 9.16. The summed E-state index contributed by atoms with van der Waals surface area (Å²) in [7, 11) is -3.52. The number of aliphatic imine (C=N–C) groups is 1. The quantitative estimate of drug-likeness (QED) is 0.611. The van der Waals surface area contributed by atoms with Crippen molar-refractivity contribution < 1.29 is 18.2 Å². The standard InChI is InChI=1S/C21H24N6O3S/c1-31(29,30)25-19-13-16(26-11-9-17(28)10-12-26)7-8-18(19)24-20-14-23-27(21(20)22)15-5-3-2-4-6-15/h2-8,13-14,17,28H,9-12H2,1H3,(H2,22,23,25)/p+1. The Balaban J connectivity index is 1.69. The van der Waals surface area contributed by atoms with Gasteiger partial charge in [-0.05, 0) is 43.2 Å². The van der Waals surface area contributed by atoms with Crippen LogP contribution in [0.15, 0.2) is 58.6 Å². The molecule has 31 heavy (non-hydrogen) atoms. The lowest BCUT2D eigenvalue weighted by Gasteiger charge is -2.31. The van der Waals surface area contributed by atoms with E-state index in [0.717, 1.165) is 17.6 Å². The summed E-state index contributed by atoms with van der Waals surface area (Å²) in [6.45, 7) is 1.40. The van der Waals surface area contributed by atoms with Crippen LogP contribution >= 0.6 is 0 Å². The van der Waals surface area contributed by atoms with Crippen LogP contribution in [-0.4, -0.2) is 61.4 Å². The van der Waals surface area contributed by atoms with Gasteiger partial charge in [0.2, 0.25) is 10.0 Å². The maximum Gasteiger partial charge on any atom is 0.326 e. The lowest BCUT2D eigenvalue weighted by Crippen LogP contribution is -2.35. The van der Waals surface area contributed by atoms with Gasteiger partial charge in [-0.15, -0.1) is 0 Å². The number of rotatable bonds is 5. The molecule has 2 heterocycles. The fourth-order valence-corrected chi connectivity index (χ4v) is 4.13. The second kappa shape index (κ2) is 8.48. The molecule has 2 aliphatic heterocycles. The van der Waals surface area contributed by atoms with E-state index in [1.807, 2.05) is 36.4 Å². The van der Waals surface area contributed by atoms with Gasteiger partial charge in [0.1, 0.15) is 6.21 Å². The Kier molecular flexibility index (Phi) is 5.75. The van der Waals surface area contributed by atoms with Gasteiger partial charge >= 0.3 is 5.84 Å². The molecule has 2 aromatic carbocycles. The van der Waals surface area contributed by atoms with E-state index in [2.05, 4.69) is 19.7 Å². The first-order valence-corrected chi connectivity index (χ1v) is 11.8. The average Bonchev–Trinajstić information content (AvgIpc) is 3.10. The highest BCUT2D eigenvalue weighted by atomic mass is 32.2. The first-order valence-electron chi connectivity index (χ1n) is 9.96. The van der Waals surface area contributed by atoms with Crippen molar-refractivity contribution in [2.75, 3.05) is 29.0 Å². The SMILES string of the molecule is CS(=O)(=O)Nc1cc(N2CCC(O)CC2)ccc1N=C1C=N[N+](c2ccccc2)=C1N. The highest BCUT2D eigenvalue weighted by Crippen LogP contribution is 2.32. The van der Waals surface area contributed by atoms with Gasteiger partial charge in [-0.3, -0.25) is 10.5 Å². The van der Waals surface area contributed by atoms with Crippen LogP contribution in [0.25, 0.3) is 0 Å². The van der Waals surface area contributed by atoms with Crippen LogP contribution in [0.2, 0.25) is 0 Å². The first kappa shape index (κ1) is 21.0. The van der Waals surface area contributed by atoms with Gasteiger partial charge in [-0.25, -0.2) is 13.4 Å². The molecule has 0 saturated carbocycles. The average molecular weight is 442 g/mol. The lowest BCUT2D eigenvalue weighted by molar-refractivity contribution is -0.441. The molecular weight excluding hydrogens is 416 g/mol. The van der Waals surface area contributed by atoms with E-state index < -0.39 is 10.0 Å². The number of para-hydroxylation sites is 1. The van der Waals surface area contributed by atoms with Crippen molar-refractivity contribution in [1.29, 1.82) is 0 Å². The number of hydrogen-bond donors (Lipinski definition) is 3. The van der Waals surface area contributed by atoms with Gasteiger partial charge in [0.15, 0.2) is 11.4 Å². The number of amidine groups is 1. The minimum atomic E-state index is -3.52. The number of sulfonamides is 1. The van der Waals surface area contributed by atoms with Gasteiger partial charge in [-0.1, -0.05) is 28.0 Å². The Morgan fingerprint density at radius 3 is 2.58 bits per heavy atom. The number of hydrogen-bond acceptors (Lipinski definition) is 7. The Hall–Kier alpha value is -3.24. The van der Waals surface area contributed by atoms with Gasteiger partial charge in [0.25, 0.3) is 0 Å². The molecule has 1 saturated heterocycles. The number of aliphatic hydroxyl groups excluding tert-OH is 1. The van der Waals surface area contributed by atoms with Crippen molar-refractivity contribution in [1.82, 2.24) is 0 Å². The molecule has 4 rings (SSSR count). The summed E-state index contributed by atoms with van der Waals surface area (Å²) < 4.78 is 28.0. The third kappa shape index (κ3) is 4.92. The molecule has 2 aliphatic rings. The van der Waals surface area contributed by atoms with Gasteiger partial charge in [-0.2, -0.15) is 0 Å². The van der Waals surface area contributed by atoms with E-state index in [4.69, 9.17) is 5.73 Å². The zero-order chi connectivity index (χ0) is 22.0. The molecule has 0 unspecified atom stereocenters. The van der Waals surface area contributed by atoms with E-state index in [-0.39, 0.29) is 6.10 Å².